The molecule has 14 heteroatoms. The van der Waals surface area contributed by atoms with E-state index in [4.69, 9.17) is 0 Å². The van der Waals surface area contributed by atoms with Crippen molar-refractivity contribution in [3.8, 4) is 0 Å². The highest BCUT2D eigenvalue weighted by molar-refractivity contribution is 7.87. The third-order valence-electron chi connectivity index (χ3n) is 3.66. The van der Waals surface area contributed by atoms with Crippen LogP contribution in [0.2, 0.25) is 0 Å². The van der Waals surface area contributed by atoms with Gasteiger partial charge in [-0.2, -0.15) is 21.6 Å². The standard InChI is InChI=1S/C14H12F3N3O5S3/c15-14(16,17)28(23,24)25-11-5-7-20(12(11)21)9-1-3-10(4-2-9)27(22)19-13-18-6-8-26-13/h1-4,6,8,11H,5,7H2,(H,18,19)/t11-,27?/m1/s1. The van der Waals surface area contributed by atoms with Crippen LogP contribution in [-0.4, -0.2) is 41.7 Å². The van der Waals surface area contributed by atoms with Crippen molar-refractivity contribution in [2.45, 2.75) is 22.9 Å². The number of amides is 1. The molecule has 0 spiro atoms. The van der Waals surface area contributed by atoms with Crippen molar-refractivity contribution >= 4 is 49.2 Å². The SMILES string of the molecule is O=C1[C@H](OS(=O)(=O)C(F)(F)F)CCN1c1ccc(S(=O)Nc2nccs2)cc1. The summed E-state index contributed by atoms with van der Waals surface area (Å²) in [4.78, 5) is 17.7. The van der Waals surface area contributed by atoms with Gasteiger partial charge in [-0.1, -0.05) is 0 Å². The molecule has 0 saturated carbocycles. The smallest absolute Gasteiger partial charge is 0.310 e. The van der Waals surface area contributed by atoms with Crippen molar-refractivity contribution in [3.05, 3.63) is 35.8 Å². The number of carbonyl (C=O) groups excluding carboxylic acids is 1. The molecule has 152 valence electrons. The minimum absolute atomic E-state index is 0.0172. The van der Waals surface area contributed by atoms with E-state index in [0.717, 1.165) is 4.90 Å². The third-order valence-corrected chi connectivity index (χ3v) is 6.61. The van der Waals surface area contributed by atoms with Crippen molar-refractivity contribution in [2.24, 2.45) is 0 Å². The van der Waals surface area contributed by atoms with Gasteiger partial charge in [0.25, 0.3) is 5.91 Å². The molecule has 1 aliphatic rings. The lowest BCUT2D eigenvalue weighted by Crippen LogP contribution is -2.35. The molecule has 1 saturated heterocycles. The largest absolute Gasteiger partial charge is 0.523 e. The Balaban J connectivity index is 1.68. The number of benzene rings is 1. The molecule has 1 aromatic heterocycles. The zero-order chi connectivity index (χ0) is 20.5. The van der Waals surface area contributed by atoms with E-state index >= 15 is 0 Å². The van der Waals surface area contributed by atoms with Crippen LogP contribution in [0.25, 0.3) is 0 Å². The van der Waals surface area contributed by atoms with Crippen LogP contribution in [-0.2, 0) is 30.1 Å². The summed E-state index contributed by atoms with van der Waals surface area (Å²) in [5.41, 5.74) is -5.29. The van der Waals surface area contributed by atoms with Gasteiger partial charge in [0.1, 0.15) is 0 Å². The van der Waals surface area contributed by atoms with Crippen LogP contribution in [0.3, 0.4) is 0 Å². The highest BCUT2D eigenvalue weighted by Crippen LogP contribution is 2.30. The molecule has 8 nitrogen and oxygen atoms in total. The minimum Gasteiger partial charge on any atom is -0.310 e. The molecule has 2 heterocycles. The molecular weight excluding hydrogens is 443 g/mol. The number of nitrogens with one attached hydrogen (secondary N) is 1. The second-order valence-corrected chi connectivity index (χ2v) is 9.14. The Labute approximate surface area is 164 Å². The highest BCUT2D eigenvalue weighted by Gasteiger charge is 2.50. The molecule has 1 N–H and O–H groups in total. The van der Waals surface area contributed by atoms with E-state index in [1.807, 2.05) is 0 Å². The lowest BCUT2D eigenvalue weighted by atomic mass is 10.3. The van der Waals surface area contributed by atoms with Crippen LogP contribution >= 0.6 is 11.3 Å². The molecule has 1 fully saturated rings. The van der Waals surface area contributed by atoms with E-state index in [1.54, 1.807) is 11.6 Å². The van der Waals surface area contributed by atoms with Gasteiger partial charge in [0.2, 0.25) is 0 Å². The second-order valence-electron chi connectivity index (χ2n) is 5.47. The third kappa shape index (κ3) is 4.34. The first kappa shape index (κ1) is 20.7. The number of alkyl halides is 3. The number of carbonyl (C=O) groups is 1. The van der Waals surface area contributed by atoms with Gasteiger partial charge in [-0.3, -0.25) is 9.52 Å². The lowest BCUT2D eigenvalue weighted by Gasteiger charge is -2.17. The molecule has 1 amide bonds. The van der Waals surface area contributed by atoms with Crippen molar-refractivity contribution < 1.29 is 34.8 Å². The molecule has 2 atom stereocenters. The highest BCUT2D eigenvalue weighted by atomic mass is 32.2. The summed E-state index contributed by atoms with van der Waals surface area (Å²) < 4.78 is 78.3. The molecule has 2 aromatic rings. The molecule has 1 unspecified atom stereocenters. The van der Waals surface area contributed by atoms with Gasteiger partial charge in [-0.15, -0.1) is 11.3 Å². The Kier molecular flexibility index (Phi) is 5.74. The molecule has 0 bridgehead atoms. The van der Waals surface area contributed by atoms with Gasteiger partial charge >= 0.3 is 15.6 Å². The first-order valence-electron chi connectivity index (χ1n) is 7.57. The molecular formula is C14H12F3N3O5S3. The van der Waals surface area contributed by atoms with Crippen LogP contribution in [0, 0.1) is 0 Å². The maximum absolute atomic E-state index is 12.4. The quantitative estimate of drug-likeness (QED) is 0.529. The number of nitrogens with zero attached hydrogens (tertiary/aromatic N) is 2. The van der Waals surface area contributed by atoms with Crippen LogP contribution in [0.5, 0.6) is 0 Å². The van der Waals surface area contributed by atoms with E-state index in [9.17, 15) is 30.6 Å². The fourth-order valence-corrected chi connectivity index (χ4v) is 4.47. The van der Waals surface area contributed by atoms with Crippen LogP contribution < -0.4 is 9.62 Å². The molecule has 0 aliphatic carbocycles. The van der Waals surface area contributed by atoms with Crippen molar-refractivity contribution in [1.82, 2.24) is 4.98 Å². The van der Waals surface area contributed by atoms with Crippen LogP contribution in [0.4, 0.5) is 24.0 Å². The zero-order valence-corrected chi connectivity index (χ0v) is 16.2. The summed E-state index contributed by atoms with van der Waals surface area (Å²) in [6.07, 6.45) is -0.413. The van der Waals surface area contributed by atoms with Crippen molar-refractivity contribution in [3.63, 3.8) is 0 Å². The summed E-state index contributed by atoms with van der Waals surface area (Å²) in [7, 11) is -7.46. The summed E-state index contributed by atoms with van der Waals surface area (Å²) in [6, 6.07) is 5.85. The molecule has 1 aromatic carbocycles. The summed E-state index contributed by atoms with van der Waals surface area (Å²) in [5.74, 6) is -0.900. The Bertz CT molecular complexity index is 978. The summed E-state index contributed by atoms with van der Waals surface area (Å²) in [5, 5.41) is 2.17. The monoisotopic (exact) mass is 455 g/mol. The van der Waals surface area contributed by atoms with E-state index < -0.39 is 38.6 Å². The van der Waals surface area contributed by atoms with Crippen molar-refractivity contribution in [1.29, 1.82) is 0 Å². The fourth-order valence-electron chi connectivity index (χ4n) is 2.37. The van der Waals surface area contributed by atoms with E-state index in [1.165, 1.54) is 35.6 Å². The maximum atomic E-state index is 12.4. The van der Waals surface area contributed by atoms with Gasteiger partial charge in [-0.05, 0) is 24.3 Å². The molecule has 1 aliphatic heterocycles. The second kappa shape index (κ2) is 7.77. The number of rotatable bonds is 6. The van der Waals surface area contributed by atoms with E-state index in [0.29, 0.717) is 15.7 Å². The van der Waals surface area contributed by atoms with Gasteiger partial charge in [0.05, 0.1) is 4.90 Å². The first-order valence-corrected chi connectivity index (χ1v) is 11.0. The Hall–Kier alpha value is -2.03. The van der Waals surface area contributed by atoms with Crippen molar-refractivity contribution in [2.75, 3.05) is 16.2 Å². The molecule has 3 rings (SSSR count). The molecule has 28 heavy (non-hydrogen) atoms. The fraction of sp³-hybridized carbons (Fsp3) is 0.286. The summed E-state index contributed by atoms with van der Waals surface area (Å²) in [6.45, 7) is -0.0172. The predicted molar refractivity (Wildman–Crippen MR) is 95.4 cm³/mol. The Morgan fingerprint density at radius 1 is 1.29 bits per heavy atom. The Morgan fingerprint density at radius 3 is 2.54 bits per heavy atom. The average Bonchev–Trinajstić information content (AvgIpc) is 3.24. The van der Waals surface area contributed by atoms with Crippen LogP contribution in [0.1, 0.15) is 6.42 Å². The van der Waals surface area contributed by atoms with Crippen LogP contribution in [0.15, 0.2) is 40.7 Å². The number of aromatic nitrogens is 1. The number of thiazole rings is 1. The zero-order valence-electron chi connectivity index (χ0n) is 13.7. The number of hydrogen-bond acceptors (Lipinski definition) is 7. The van der Waals surface area contributed by atoms with E-state index in [2.05, 4.69) is 13.9 Å². The van der Waals surface area contributed by atoms with Gasteiger partial charge < -0.3 is 4.90 Å². The first-order chi connectivity index (χ1) is 13.1. The number of halogens is 3. The number of hydrogen-bond donors (Lipinski definition) is 1. The van der Waals surface area contributed by atoms with Gasteiger partial charge in [0, 0.05) is 30.2 Å². The Morgan fingerprint density at radius 2 is 1.96 bits per heavy atom. The average molecular weight is 455 g/mol. The number of anilines is 2. The minimum atomic E-state index is -5.86. The molecule has 0 radical (unpaired) electrons. The topological polar surface area (TPSA) is 106 Å². The van der Waals surface area contributed by atoms with Gasteiger partial charge in [-0.25, -0.2) is 13.4 Å². The maximum Gasteiger partial charge on any atom is 0.523 e. The lowest BCUT2D eigenvalue weighted by molar-refractivity contribution is -0.123. The van der Waals surface area contributed by atoms with Gasteiger partial charge in [0.15, 0.2) is 22.2 Å². The normalized spacial score (nSPS) is 19.0. The summed E-state index contributed by atoms with van der Waals surface area (Å²) >= 11 is 1.26. The van der Waals surface area contributed by atoms with E-state index in [-0.39, 0.29) is 13.0 Å². The predicted octanol–water partition coefficient (Wildman–Crippen LogP) is 2.25.